The van der Waals surface area contributed by atoms with Crippen molar-refractivity contribution in [1.29, 1.82) is 0 Å². The van der Waals surface area contributed by atoms with Gasteiger partial charge in [-0.3, -0.25) is 4.79 Å². The minimum atomic E-state index is -0.534. The van der Waals surface area contributed by atoms with Crippen LogP contribution in [0.3, 0.4) is 0 Å². The SMILES string of the molecule is O=C(Nc1cc(Br)ccc1N1CCOCC1)c1ccccc1F. The van der Waals surface area contributed by atoms with Gasteiger partial charge in [-0.2, -0.15) is 0 Å². The fourth-order valence-electron chi connectivity index (χ4n) is 2.52. The number of benzene rings is 2. The van der Waals surface area contributed by atoms with E-state index in [0.29, 0.717) is 18.9 Å². The Hall–Kier alpha value is -1.92. The summed E-state index contributed by atoms with van der Waals surface area (Å²) in [6.07, 6.45) is 0. The van der Waals surface area contributed by atoms with E-state index >= 15 is 0 Å². The molecule has 0 saturated carbocycles. The molecule has 2 aromatic rings. The molecule has 0 atom stereocenters. The number of ether oxygens (including phenoxy) is 1. The van der Waals surface area contributed by atoms with Crippen LogP contribution in [-0.4, -0.2) is 32.2 Å². The molecule has 1 aliphatic heterocycles. The molecule has 3 rings (SSSR count). The van der Waals surface area contributed by atoms with Crippen molar-refractivity contribution in [2.75, 3.05) is 36.5 Å². The van der Waals surface area contributed by atoms with Gasteiger partial charge in [0.2, 0.25) is 0 Å². The lowest BCUT2D eigenvalue weighted by Crippen LogP contribution is -2.36. The molecule has 4 nitrogen and oxygen atoms in total. The van der Waals surface area contributed by atoms with Crippen LogP contribution in [-0.2, 0) is 4.74 Å². The Kier molecular flexibility index (Phi) is 4.93. The van der Waals surface area contributed by atoms with Gasteiger partial charge in [0.15, 0.2) is 0 Å². The van der Waals surface area contributed by atoms with Crippen molar-refractivity contribution in [2.24, 2.45) is 0 Å². The van der Waals surface area contributed by atoms with Crippen LogP contribution in [0.4, 0.5) is 15.8 Å². The molecule has 1 saturated heterocycles. The number of hydrogen-bond acceptors (Lipinski definition) is 3. The first-order valence-corrected chi connectivity index (χ1v) is 8.12. The van der Waals surface area contributed by atoms with Gasteiger partial charge in [-0.15, -0.1) is 0 Å². The highest BCUT2D eigenvalue weighted by atomic mass is 79.9. The summed E-state index contributed by atoms with van der Waals surface area (Å²) in [7, 11) is 0. The Bertz CT molecular complexity index is 717. The number of nitrogens with zero attached hydrogens (tertiary/aromatic N) is 1. The molecule has 0 aromatic heterocycles. The molecule has 0 spiro atoms. The summed E-state index contributed by atoms with van der Waals surface area (Å²) in [6.45, 7) is 2.81. The third kappa shape index (κ3) is 3.71. The summed E-state index contributed by atoms with van der Waals surface area (Å²) in [6, 6.07) is 11.6. The van der Waals surface area contributed by atoms with Gasteiger partial charge in [0, 0.05) is 17.6 Å². The van der Waals surface area contributed by atoms with Crippen LogP contribution < -0.4 is 10.2 Å². The summed E-state index contributed by atoms with van der Waals surface area (Å²) in [5.74, 6) is -0.997. The summed E-state index contributed by atoms with van der Waals surface area (Å²) in [4.78, 5) is 14.5. The molecular formula is C17H16BrFN2O2. The van der Waals surface area contributed by atoms with E-state index in [2.05, 4.69) is 26.1 Å². The number of carbonyl (C=O) groups excluding carboxylic acids is 1. The van der Waals surface area contributed by atoms with Crippen LogP contribution in [0.5, 0.6) is 0 Å². The maximum atomic E-state index is 13.8. The summed E-state index contributed by atoms with van der Waals surface area (Å²) < 4.78 is 20.0. The van der Waals surface area contributed by atoms with Crippen molar-refractivity contribution in [1.82, 2.24) is 0 Å². The average molecular weight is 379 g/mol. The molecule has 1 N–H and O–H groups in total. The maximum Gasteiger partial charge on any atom is 0.258 e. The fraction of sp³-hybridized carbons (Fsp3) is 0.235. The summed E-state index contributed by atoms with van der Waals surface area (Å²) in [5, 5.41) is 2.81. The van der Waals surface area contributed by atoms with Gasteiger partial charge in [0.1, 0.15) is 5.82 Å². The second-order valence-corrected chi connectivity index (χ2v) is 6.11. The number of nitrogens with one attached hydrogen (secondary N) is 1. The molecule has 1 fully saturated rings. The number of anilines is 2. The van der Waals surface area contributed by atoms with E-state index in [1.165, 1.54) is 12.1 Å². The Morgan fingerprint density at radius 3 is 2.65 bits per heavy atom. The predicted octanol–water partition coefficient (Wildman–Crippen LogP) is 3.68. The normalized spacial score (nSPS) is 14.6. The zero-order valence-electron chi connectivity index (χ0n) is 12.4. The van der Waals surface area contributed by atoms with Gasteiger partial charge in [-0.25, -0.2) is 4.39 Å². The Balaban J connectivity index is 1.88. The summed E-state index contributed by atoms with van der Waals surface area (Å²) >= 11 is 3.41. The number of rotatable bonds is 3. The molecule has 1 amide bonds. The molecule has 1 heterocycles. The third-order valence-corrected chi connectivity index (χ3v) is 4.17. The zero-order valence-corrected chi connectivity index (χ0v) is 14.0. The number of carbonyl (C=O) groups is 1. The summed E-state index contributed by atoms with van der Waals surface area (Å²) in [5.41, 5.74) is 1.58. The van der Waals surface area contributed by atoms with Crippen molar-refractivity contribution in [3.8, 4) is 0 Å². The minimum Gasteiger partial charge on any atom is -0.378 e. The molecule has 120 valence electrons. The number of morpholine rings is 1. The van der Waals surface area contributed by atoms with Gasteiger partial charge >= 0.3 is 0 Å². The lowest BCUT2D eigenvalue weighted by molar-refractivity contribution is 0.102. The van der Waals surface area contributed by atoms with Gasteiger partial charge in [-0.1, -0.05) is 28.1 Å². The Labute approximate surface area is 142 Å². The van der Waals surface area contributed by atoms with E-state index < -0.39 is 11.7 Å². The molecular weight excluding hydrogens is 363 g/mol. The van der Waals surface area contributed by atoms with Gasteiger partial charge in [0.05, 0.1) is 30.2 Å². The highest BCUT2D eigenvalue weighted by Crippen LogP contribution is 2.30. The monoisotopic (exact) mass is 378 g/mol. The minimum absolute atomic E-state index is 0.0282. The van der Waals surface area contributed by atoms with Crippen molar-refractivity contribution >= 4 is 33.2 Å². The highest BCUT2D eigenvalue weighted by molar-refractivity contribution is 9.10. The lowest BCUT2D eigenvalue weighted by atomic mass is 10.1. The lowest BCUT2D eigenvalue weighted by Gasteiger charge is -2.30. The van der Waals surface area contributed by atoms with E-state index in [4.69, 9.17) is 4.74 Å². The first kappa shape index (κ1) is 16.0. The average Bonchev–Trinajstić information content (AvgIpc) is 2.56. The second kappa shape index (κ2) is 7.10. The molecule has 23 heavy (non-hydrogen) atoms. The van der Waals surface area contributed by atoms with Crippen LogP contribution in [0.1, 0.15) is 10.4 Å². The topological polar surface area (TPSA) is 41.6 Å². The van der Waals surface area contributed by atoms with Crippen LogP contribution in [0.25, 0.3) is 0 Å². The number of amides is 1. The number of halogens is 2. The van der Waals surface area contributed by atoms with Crippen LogP contribution >= 0.6 is 15.9 Å². The highest BCUT2D eigenvalue weighted by Gasteiger charge is 2.18. The van der Waals surface area contributed by atoms with E-state index in [1.807, 2.05) is 18.2 Å². The molecule has 0 unspecified atom stereocenters. The predicted molar refractivity (Wildman–Crippen MR) is 91.5 cm³/mol. The Morgan fingerprint density at radius 2 is 1.91 bits per heavy atom. The second-order valence-electron chi connectivity index (χ2n) is 5.19. The van der Waals surface area contributed by atoms with Crippen molar-refractivity contribution < 1.29 is 13.9 Å². The van der Waals surface area contributed by atoms with E-state index in [1.54, 1.807) is 12.1 Å². The standard InChI is InChI=1S/C17H16BrFN2O2/c18-12-5-6-16(21-7-9-23-10-8-21)15(11-12)20-17(22)13-3-1-2-4-14(13)19/h1-6,11H,7-10H2,(H,20,22). The maximum absolute atomic E-state index is 13.8. The smallest absolute Gasteiger partial charge is 0.258 e. The third-order valence-electron chi connectivity index (χ3n) is 3.68. The van der Waals surface area contributed by atoms with E-state index in [9.17, 15) is 9.18 Å². The van der Waals surface area contributed by atoms with E-state index in [0.717, 1.165) is 23.2 Å². The first-order valence-electron chi connectivity index (χ1n) is 7.33. The quantitative estimate of drug-likeness (QED) is 0.885. The van der Waals surface area contributed by atoms with Gasteiger partial charge < -0.3 is 15.0 Å². The van der Waals surface area contributed by atoms with Crippen molar-refractivity contribution in [2.45, 2.75) is 0 Å². The molecule has 1 aliphatic rings. The van der Waals surface area contributed by atoms with Crippen LogP contribution in [0.2, 0.25) is 0 Å². The zero-order chi connectivity index (χ0) is 16.2. The number of hydrogen-bond donors (Lipinski definition) is 1. The largest absolute Gasteiger partial charge is 0.378 e. The molecule has 6 heteroatoms. The fourth-order valence-corrected chi connectivity index (χ4v) is 2.88. The van der Waals surface area contributed by atoms with Crippen molar-refractivity contribution in [3.05, 3.63) is 58.3 Å². The molecule has 2 aromatic carbocycles. The van der Waals surface area contributed by atoms with Gasteiger partial charge in [0.25, 0.3) is 5.91 Å². The molecule has 0 radical (unpaired) electrons. The Morgan fingerprint density at radius 1 is 1.17 bits per heavy atom. The van der Waals surface area contributed by atoms with Gasteiger partial charge in [-0.05, 0) is 30.3 Å². The van der Waals surface area contributed by atoms with Crippen LogP contribution in [0.15, 0.2) is 46.9 Å². The van der Waals surface area contributed by atoms with Crippen molar-refractivity contribution in [3.63, 3.8) is 0 Å². The first-order chi connectivity index (χ1) is 11.1. The van der Waals surface area contributed by atoms with Crippen LogP contribution in [0, 0.1) is 5.82 Å². The molecule has 0 bridgehead atoms. The van der Waals surface area contributed by atoms with E-state index in [-0.39, 0.29) is 5.56 Å². The molecule has 0 aliphatic carbocycles.